The van der Waals surface area contributed by atoms with Gasteiger partial charge in [-0.25, -0.2) is 14.2 Å². The van der Waals surface area contributed by atoms with E-state index in [1.54, 1.807) is 63.2 Å². The van der Waals surface area contributed by atoms with Crippen LogP contribution in [-0.2, 0) is 22.8 Å². The lowest BCUT2D eigenvalue weighted by Crippen LogP contribution is -2.39. The van der Waals surface area contributed by atoms with Crippen molar-refractivity contribution in [1.29, 1.82) is 0 Å². The number of carbonyl (C=O) groups is 2. The van der Waals surface area contributed by atoms with E-state index in [1.165, 1.54) is 6.07 Å². The van der Waals surface area contributed by atoms with Gasteiger partial charge >= 0.3 is 6.09 Å². The molecule has 0 aliphatic rings. The maximum Gasteiger partial charge on any atom is 0.408 e. The van der Waals surface area contributed by atoms with E-state index in [4.69, 9.17) is 22.1 Å². The molecule has 0 atom stereocenters. The number of rotatable bonds is 8. The third-order valence-corrected chi connectivity index (χ3v) is 5.28. The van der Waals surface area contributed by atoms with Crippen molar-refractivity contribution >= 4 is 40.8 Å². The molecule has 0 aliphatic heterocycles. The first kappa shape index (κ1) is 27.5. The second-order valence-electron chi connectivity index (χ2n) is 9.17. The Kier molecular flexibility index (Phi) is 8.77. The minimum absolute atomic E-state index is 0.0199. The Morgan fingerprint density at radius 1 is 1.08 bits per heavy atom. The van der Waals surface area contributed by atoms with Crippen LogP contribution in [0.2, 0.25) is 5.02 Å². The number of alkyl halides is 1. The van der Waals surface area contributed by atoms with E-state index in [9.17, 15) is 19.1 Å². The zero-order chi connectivity index (χ0) is 27.2. The second-order valence-corrected chi connectivity index (χ2v) is 9.60. The van der Waals surface area contributed by atoms with Gasteiger partial charge in [-0.15, -0.1) is 0 Å². The zero-order valence-electron chi connectivity index (χ0n) is 20.7. The predicted molar refractivity (Wildman–Crippen MR) is 141 cm³/mol. The van der Waals surface area contributed by atoms with E-state index in [1.807, 2.05) is 0 Å². The molecule has 0 bridgehead atoms. The van der Waals surface area contributed by atoms with Crippen molar-refractivity contribution in [2.75, 3.05) is 17.6 Å². The van der Waals surface area contributed by atoms with Gasteiger partial charge in [0.2, 0.25) is 5.91 Å². The summed E-state index contributed by atoms with van der Waals surface area (Å²) in [6.07, 6.45) is -0.693. The third-order valence-electron chi connectivity index (χ3n) is 5.04. The quantitative estimate of drug-likeness (QED) is 0.257. The highest BCUT2D eigenvalue weighted by Gasteiger charge is 2.17. The number of aromatic nitrogens is 1. The normalized spacial score (nSPS) is 11.1. The van der Waals surface area contributed by atoms with Crippen molar-refractivity contribution in [1.82, 2.24) is 15.6 Å². The Morgan fingerprint density at radius 2 is 1.84 bits per heavy atom. The molecule has 2 aromatic carbocycles. The first-order chi connectivity index (χ1) is 17.4. The van der Waals surface area contributed by atoms with E-state index in [-0.39, 0.29) is 24.7 Å². The molecule has 6 N–H and O–H groups in total. The molecule has 1 aromatic heterocycles. The fraction of sp³-hybridized carbons (Fsp3) is 0.269. The lowest BCUT2D eigenvalue weighted by Gasteiger charge is -2.19. The number of benzene rings is 2. The van der Waals surface area contributed by atoms with Gasteiger partial charge in [-0.3, -0.25) is 4.79 Å². The fourth-order valence-corrected chi connectivity index (χ4v) is 3.49. The van der Waals surface area contributed by atoms with Crippen LogP contribution in [0.5, 0.6) is 5.75 Å². The van der Waals surface area contributed by atoms with Crippen molar-refractivity contribution < 1.29 is 23.8 Å². The van der Waals surface area contributed by atoms with E-state index < -0.39 is 24.3 Å². The van der Waals surface area contributed by atoms with Crippen LogP contribution >= 0.6 is 11.6 Å². The SMILES string of the molecule is CC(C)(C)OC(=O)NCC(=O)NCc1ccc(-c2cc(Nc3ccc(Cl)cc3CF)ccc2O)nc1N. The zero-order valence-corrected chi connectivity index (χ0v) is 21.4. The Morgan fingerprint density at radius 3 is 2.51 bits per heavy atom. The maximum absolute atomic E-state index is 13.4. The number of carbonyl (C=O) groups excluding carboxylic acids is 2. The van der Waals surface area contributed by atoms with Crippen LogP contribution in [-0.4, -0.2) is 34.2 Å². The molecule has 2 amide bonds. The highest BCUT2D eigenvalue weighted by atomic mass is 35.5. The number of alkyl carbamates (subject to hydrolysis) is 1. The van der Waals surface area contributed by atoms with E-state index in [0.29, 0.717) is 38.8 Å². The summed E-state index contributed by atoms with van der Waals surface area (Å²) in [4.78, 5) is 28.1. The average molecular weight is 530 g/mol. The average Bonchev–Trinajstić information content (AvgIpc) is 2.83. The molecular formula is C26H29ClFN5O4. The molecule has 0 saturated heterocycles. The largest absolute Gasteiger partial charge is 0.507 e. The molecule has 1 heterocycles. The van der Waals surface area contributed by atoms with Gasteiger partial charge in [0.25, 0.3) is 0 Å². The van der Waals surface area contributed by atoms with Gasteiger partial charge < -0.3 is 31.5 Å². The van der Waals surface area contributed by atoms with Gasteiger partial charge in [-0.1, -0.05) is 17.7 Å². The van der Waals surface area contributed by atoms with Gasteiger partial charge in [0, 0.05) is 39.6 Å². The number of ether oxygens (including phenoxy) is 1. The van der Waals surface area contributed by atoms with E-state index in [0.717, 1.165) is 0 Å². The molecule has 9 nitrogen and oxygen atoms in total. The van der Waals surface area contributed by atoms with Gasteiger partial charge in [-0.05, 0) is 63.2 Å². The number of pyridine rings is 1. The summed E-state index contributed by atoms with van der Waals surface area (Å²) >= 11 is 5.95. The molecule has 0 unspecified atom stereocenters. The fourth-order valence-electron chi connectivity index (χ4n) is 3.30. The van der Waals surface area contributed by atoms with Crippen LogP contribution in [0, 0.1) is 0 Å². The molecule has 196 valence electrons. The van der Waals surface area contributed by atoms with Crippen LogP contribution in [0.4, 0.5) is 26.4 Å². The van der Waals surface area contributed by atoms with Gasteiger partial charge in [0.1, 0.15) is 30.4 Å². The maximum atomic E-state index is 13.4. The Balaban J connectivity index is 1.67. The summed E-state index contributed by atoms with van der Waals surface area (Å²) in [6.45, 7) is 4.30. The number of anilines is 3. The molecule has 3 rings (SSSR count). The van der Waals surface area contributed by atoms with Gasteiger partial charge in [0.05, 0.1) is 5.69 Å². The Hall–Kier alpha value is -4.05. The summed E-state index contributed by atoms with van der Waals surface area (Å²) in [6, 6.07) is 13.0. The van der Waals surface area contributed by atoms with E-state index in [2.05, 4.69) is 20.9 Å². The Bertz CT molecular complexity index is 1300. The minimum Gasteiger partial charge on any atom is -0.507 e. The highest BCUT2D eigenvalue weighted by Crippen LogP contribution is 2.33. The number of nitrogens with one attached hydrogen (secondary N) is 3. The lowest BCUT2D eigenvalue weighted by atomic mass is 10.1. The number of nitrogens with two attached hydrogens (primary N) is 1. The first-order valence-corrected chi connectivity index (χ1v) is 11.8. The van der Waals surface area contributed by atoms with Crippen molar-refractivity contribution in [3.05, 3.63) is 64.7 Å². The molecule has 3 aromatic rings. The lowest BCUT2D eigenvalue weighted by molar-refractivity contribution is -0.120. The number of halogens is 2. The summed E-state index contributed by atoms with van der Waals surface area (Å²) < 4.78 is 18.5. The molecule has 0 aliphatic carbocycles. The standard InChI is InChI=1S/C26H29ClFN5O4/c1-26(2,3)37-25(36)31-14-23(35)30-13-15-4-7-21(33-24(15)29)19-11-18(6-9-22(19)34)32-20-8-5-17(27)10-16(20)12-28/h4-11,32,34H,12-14H2,1-3H3,(H2,29,33)(H,30,35)(H,31,36). The summed E-state index contributed by atoms with van der Waals surface area (Å²) in [7, 11) is 0. The molecule has 0 radical (unpaired) electrons. The molecule has 0 saturated carbocycles. The predicted octanol–water partition coefficient (Wildman–Crippen LogP) is 5.04. The monoisotopic (exact) mass is 529 g/mol. The van der Waals surface area contributed by atoms with Crippen LogP contribution < -0.4 is 21.7 Å². The van der Waals surface area contributed by atoms with Gasteiger partial charge in [-0.2, -0.15) is 0 Å². The summed E-state index contributed by atoms with van der Waals surface area (Å²) in [5.41, 5.74) is 8.34. The van der Waals surface area contributed by atoms with Crippen LogP contribution in [0.25, 0.3) is 11.3 Å². The van der Waals surface area contributed by atoms with Crippen molar-refractivity contribution in [2.24, 2.45) is 0 Å². The molecule has 0 fully saturated rings. The highest BCUT2D eigenvalue weighted by molar-refractivity contribution is 6.30. The van der Waals surface area contributed by atoms with E-state index >= 15 is 0 Å². The first-order valence-electron chi connectivity index (χ1n) is 11.4. The smallest absolute Gasteiger partial charge is 0.408 e. The Labute approximate surface area is 219 Å². The number of nitrogens with zero attached hydrogens (tertiary/aromatic N) is 1. The van der Waals surface area contributed by atoms with Crippen LogP contribution in [0.3, 0.4) is 0 Å². The summed E-state index contributed by atoms with van der Waals surface area (Å²) in [5, 5.41) is 19.0. The number of phenols is 1. The molecular weight excluding hydrogens is 501 g/mol. The number of aromatic hydroxyl groups is 1. The number of nitrogen functional groups attached to an aromatic ring is 1. The van der Waals surface area contributed by atoms with Crippen molar-refractivity contribution in [3.8, 4) is 17.0 Å². The molecule has 11 heteroatoms. The summed E-state index contributed by atoms with van der Waals surface area (Å²) in [5.74, 6) is -0.290. The molecule has 0 spiro atoms. The third kappa shape index (κ3) is 7.97. The number of amides is 2. The number of phenolic OH excluding ortho intramolecular Hbond substituents is 1. The van der Waals surface area contributed by atoms with Crippen LogP contribution in [0.15, 0.2) is 48.5 Å². The minimum atomic E-state index is -0.693. The van der Waals surface area contributed by atoms with Crippen molar-refractivity contribution in [3.63, 3.8) is 0 Å². The van der Waals surface area contributed by atoms with Crippen LogP contribution in [0.1, 0.15) is 31.9 Å². The molecule has 37 heavy (non-hydrogen) atoms. The van der Waals surface area contributed by atoms with Crippen molar-refractivity contribution in [2.45, 2.75) is 39.6 Å². The van der Waals surface area contributed by atoms with Gasteiger partial charge in [0.15, 0.2) is 0 Å². The number of hydrogen-bond acceptors (Lipinski definition) is 7. The topological polar surface area (TPSA) is 139 Å². The number of hydrogen-bond donors (Lipinski definition) is 5. The second kappa shape index (κ2) is 11.8.